The smallest absolute Gasteiger partial charge is 0.227 e. The van der Waals surface area contributed by atoms with Gasteiger partial charge in [0.05, 0.1) is 11.4 Å². The molecular weight excluding hydrogens is 396 g/mol. The normalized spacial score (nSPS) is 11.9. The van der Waals surface area contributed by atoms with Crippen LogP contribution in [0.5, 0.6) is 0 Å². The minimum Gasteiger partial charge on any atom is -0.339 e. The summed E-state index contributed by atoms with van der Waals surface area (Å²) in [7, 11) is -3.96. The molecular formula is C23H18N4O2S. The number of sulfone groups is 1. The van der Waals surface area contributed by atoms with Crippen LogP contribution in [0, 0.1) is 5.41 Å². The summed E-state index contributed by atoms with van der Waals surface area (Å²) >= 11 is 0. The molecule has 0 spiro atoms. The average Bonchev–Trinajstić information content (AvgIpc) is 3.15. The number of para-hydroxylation sites is 1. The zero-order valence-corrected chi connectivity index (χ0v) is 16.7. The molecule has 0 aliphatic rings. The highest BCUT2D eigenvalue weighted by atomic mass is 32.2. The number of hydrogen-bond acceptors (Lipinski definition) is 4. The molecule has 0 aliphatic carbocycles. The molecule has 7 heteroatoms. The van der Waals surface area contributed by atoms with E-state index in [0.717, 1.165) is 16.5 Å². The van der Waals surface area contributed by atoms with Crippen molar-refractivity contribution in [1.82, 2.24) is 14.5 Å². The summed E-state index contributed by atoms with van der Waals surface area (Å²) in [5.74, 6) is 0. The fourth-order valence-electron chi connectivity index (χ4n) is 3.63. The highest BCUT2D eigenvalue weighted by Gasteiger charge is 2.25. The van der Waals surface area contributed by atoms with Crippen molar-refractivity contribution in [3.8, 4) is 0 Å². The third kappa shape index (κ3) is 2.91. The van der Waals surface area contributed by atoms with Crippen molar-refractivity contribution in [3.63, 3.8) is 0 Å². The van der Waals surface area contributed by atoms with Gasteiger partial charge >= 0.3 is 0 Å². The zero-order chi connectivity index (χ0) is 20.7. The van der Waals surface area contributed by atoms with Crippen molar-refractivity contribution in [1.29, 1.82) is 5.41 Å². The summed E-state index contributed by atoms with van der Waals surface area (Å²) in [6.07, 6.45) is 0. The highest BCUT2D eigenvalue weighted by molar-refractivity contribution is 7.91. The van der Waals surface area contributed by atoms with Crippen molar-refractivity contribution in [2.24, 2.45) is 0 Å². The first kappa shape index (κ1) is 18.3. The van der Waals surface area contributed by atoms with Gasteiger partial charge in [-0.3, -0.25) is 5.41 Å². The van der Waals surface area contributed by atoms with E-state index in [2.05, 4.69) is 9.97 Å². The Kier molecular flexibility index (Phi) is 4.25. The molecule has 2 aromatic heterocycles. The summed E-state index contributed by atoms with van der Waals surface area (Å²) in [5.41, 5.74) is 2.81. The van der Waals surface area contributed by atoms with E-state index in [-0.39, 0.29) is 15.4 Å². The molecule has 30 heavy (non-hydrogen) atoms. The third-order valence-corrected chi connectivity index (χ3v) is 6.79. The van der Waals surface area contributed by atoms with Gasteiger partial charge in [0, 0.05) is 10.9 Å². The molecule has 0 fully saturated rings. The number of fused-ring (bicyclic) bond motifs is 3. The molecule has 0 aliphatic heterocycles. The Morgan fingerprint density at radius 2 is 1.50 bits per heavy atom. The van der Waals surface area contributed by atoms with E-state index in [1.165, 1.54) is 12.1 Å². The van der Waals surface area contributed by atoms with Crippen molar-refractivity contribution in [2.45, 2.75) is 16.5 Å². The summed E-state index contributed by atoms with van der Waals surface area (Å²) in [4.78, 5) is 7.92. The number of benzene rings is 3. The molecule has 0 saturated heterocycles. The molecule has 2 heterocycles. The van der Waals surface area contributed by atoms with Crippen molar-refractivity contribution in [3.05, 3.63) is 96.0 Å². The van der Waals surface area contributed by atoms with E-state index in [1.807, 2.05) is 54.6 Å². The van der Waals surface area contributed by atoms with Crippen LogP contribution in [0.4, 0.5) is 0 Å². The number of nitrogens with zero attached hydrogens (tertiary/aromatic N) is 2. The average molecular weight is 414 g/mol. The van der Waals surface area contributed by atoms with Gasteiger partial charge in [0.15, 0.2) is 5.49 Å². The Bertz CT molecular complexity index is 1540. The Hall–Kier alpha value is -3.71. The number of hydrogen-bond donors (Lipinski definition) is 2. The zero-order valence-electron chi connectivity index (χ0n) is 15.9. The van der Waals surface area contributed by atoms with Gasteiger partial charge in [0.25, 0.3) is 0 Å². The Balaban J connectivity index is 1.85. The van der Waals surface area contributed by atoms with E-state index >= 15 is 0 Å². The minimum absolute atomic E-state index is 0.122. The molecule has 5 aromatic rings. The molecule has 3 aromatic carbocycles. The number of aromatic amines is 1. The van der Waals surface area contributed by atoms with Crippen LogP contribution in [0.25, 0.3) is 22.1 Å². The van der Waals surface area contributed by atoms with Gasteiger partial charge in [-0.2, -0.15) is 0 Å². The lowest BCUT2D eigenvalue weighted by molar-refractivity contribution is 0.585. The molecule has 2 N–H and O–H groups in total. The summed E-state index contributed by atoms with van der Waals surface area (Å²) in [6.45, 7) is 0.350. The van der Waals surface area contributed by atoms with Crippen molar-refractivity contribution >= 4 is 31.9 Å². The Morgan fingerprint density at radius 1 is 0.867 bits per heavy atom. The SMILES string of the molecule is N=c1c(S(=O)(=O)c2ccccc2)nc2c3ccccc3[nH]c2n1Cc1ccccc1. The van der Waals surface area contributed by atoms with Gasteiger partial charge in [0.2, 0.25) is 14.9 Å². The molecule has 0 amide bonds. The lowest BCUT2D eigenvalue weighted by atomic mass is 10.2. The second kappa shape index (κ2) is 6.96. The lowest BCUT2D eigenvalue weighted by Gasteiger charge is -2.12. The molecule has 6 nitrogen and oxygen atoms in total. The summed E-state index contributed by atoms with van der Waals surface area (Å²) in [5, 5.41) is 9.33. The van der Waals surface area contributed by atoms with Gasteiger partial charge < -0.3 is 9.55 Å². The molecule has 0 bridgehead atoms. The quantitative estimate of drug-likeness (QED) is 0.467. The predicted octanol–water partition coefficient (Wildman–Crippen LogP) is 3.88. The molecule has 148 valence electrons. The first-order valence-electron chi connectivity index (χ1n) is 9.45. The van der Waals surface area contributed by atoms with Crippen LogP contribution in [0.15, 0.2) is 94.9 Å². The van der Waals surface area contributed by atoms with Crippen molar-refractivity contribution in [2.75, 3.05) is 0 Å². The van der Waals surface area contributed by atoms with Crippen LogP contribution < -0.4 is 5.49 Å². The van der Waals surface area contributed by atoms with Gasteiger partial charge in [0.1, 0.15) is 11.2 Å². The van der Waals surface area contributed by atoms with Gasteiger partial charge in [-0.25, -0.2) is 13.4 Å². The van der Waals surface area contributed by atoms with Crippen LogP contribution in [0.1, 0.15) is 5.56 Å². The maximum absolute atomic E-state index is 13.4. The van der Waals surface area contributed by atoms with Crippen molar-refractivity contribution < 1.29 is 8.42 Å². The number of nitrogens with one attached hydrogen (secondary N) is 2. The molecule has 0 atom stereocenters. The van der Waals surface area contributed by atoms with Crippen LogP contribution >= 0.6 is 0 Å². The summed E-state index contributed by atoms with van der Waals surface area (Å²) in [6, 6.07) is 25.4. The van der Waals surface area contributed by atoms with Crippen LogP contribution in [-0.2, 0) is 16.4 Å². The summed E-state index contributed by atoms with van der Waals surface area (Å²) < 4.78 is 28.4. The van der Waals surface area contributed by atoms with Crippen LogP contribution in [0.2, 0.25) is 0 Å². The molecule has 0 radical (unpaired) electrons. The van der Waals surface area contributed by atoms with Gasteiger partial charge in [-0.15, -0.1) is 0 Å². The molecule has 5 rings (SSSR count). The van der Waals surface area contributed by atoms with Crippen LogP contribution in [-0.4, -0.2) is 23.0 Å². The maximum Gasteiger partial charge on any atom is 0.227 e. The molecule has 0 saturated carbocycles. The Labute approximate surface area is 172 Å². The second-order valence-electron chi connectivity index (χ2n) is 7.02. The number of aromatic nitrogens is 3. The first-order chi connectivity index (χ1) is 14.6. The fourth-order valence-corrected chi connectivity index (χ4v) is 4.94. The fraction of sp³-hybridized carbons (Fsp3) is 0.0435. The standard InChI is InChI=1S/C23H18N4O2S/c24-21-23(30(28,29)17-11-5-2-6-12-17)26-20-18-13-7-8-14-19(18)25-22(20)27(21)15-16-9-3-1-4-10-16/h1-14,24-25H,15H2. The highest BCUT2D eigenvalue weighted by Crippen LogP contribution is 2.25. The number of H-pyrrole nitrogens is 1. The number of rotatable bonds is 4. The second-order valence-corrected chi connectivity index (χ2v) is 8.89. The largest absolute Gasteiger partial charge is 0.339 e. The third-order valence-electron chi connectivity index (χ3n) is 5.11. The first-order valence-corrected chi connectivity index (χ1v) is 10.9. The van der Waals surface area contributed by atoms with Crippen LogP contribution in [0.3, 0.4) is 0 Å². The van der Waals surface area contributed by atoms with E-state index in [9.17, 15) is 8.42 Å². The van der Waals surface area contributed by atoms with Gasteiger partial charge in [-0.1, -0.05) is 66.7 Å². The Morgan fingerprint density at radius 3 is 2.23 bits per heavy atom. The van der Waals surface area contributed by atoms with E-state index in [0.29, 0.717) is 17.7 Å². The monoisotopic (exact) mass is 414 g/mol. The van der Waals surface area contributed by atoms with E-state index in [1.54, 1.807) is 22.8 Å². The van der Waals surface area contributed by atoms with E-state index < -0.39 is 9.84 Å². The van der Waals surface area contributed by atoms with E-state index in [4.69, 9.17) is 5.41 Å². The molecule has 0 unspecified atom stereocenters. The topological polar surface area (TPSA) is 91.6 Å². The maximum atomic E-state index is 13.4. The lowest BCUT2D eigenvalue weighted by Crippen LogP contribution is -2.29. The minimum atomic E-state index is -3.96. The van der Waals surface area contributed by atoms with Gasteiger partial charge in [-0.05, 0) is 23.8 Å². The predicted molar refractivity (Wildman–Crippen MR) is 115 cm³/mol.